The van der Waals surface area contributed by atoms with Crippen molar-refractivity contribution in [1.82, 2.24) is 15.1 Å². The van der Waals surface area contributed by atoms with E-state index in [4.69, 9.17) is 5.11 Å². The summed E-state index contributed by atoms with van der Waals surface area (Å²) in [6.07, 6.45) is -3.39. The van der Waals surface area contributed by atoms with Gasteiger partial charge in [-0.05, 0) is 26.8 Å². The van der Waals surface area contributed by atoms with Crippen LogP contribution in [0.25, 0.3) is 0 Å². The molecule has 0 aliphatic carbocycles. The first kappa shape index (κ1) is 17.5. The molecule has 2 atom stereocenters. The van der Waals surface area contributed by atoms with Crippen molar-refractivity contribution in [3.63, 3.8) is 0 Å². The van der Waals surface area contributed by atoms with Crippen LogP contribution in [0, 0.1) is 0 Å². The lowest BCUT2D eigenvalue weighted by molar-refractivity contribution is -0.149. The molecule has 21 heavy (non-hydrogen) atoms. The first-order valence-electron chi connectivity index (χ1n) is 6.62. The zero-order chi connectivity index (χ0) is 16.2. The van der Waals surface area contributed by atoms with Crippen molar-refractivity contribution < 1.29 is 27.9 Å². The first-order valence-corrected chi connectivity index (χ1v) is 6.62. The van der Waals surface area contributed by atoms with E-state index in [1.54, 1.807) is 0 Å². The lowest BCUT2D eigenvalue weighted by atomic mass is 9.99. The molecular formula is C12H20F3N3O3. The van der Waals surface area contributed by atoms with Gasteiger partial charge in [-0.1, -0.05) is 0 Å². The number of rotatable bonds is 4. The van der Waals surface area contributed by atoms with E-state index < -0.39 is 31.3 Å². The Morgan fingerprint density at radius 2 is 2.05 bits per heavy atom. The van der Waals surface area contributed by atoms with E-state index in [-0.39, 0.29) is 17.0 Å². The summed E-state index contributed by atoms with van der Waals surface area (Å²) in [7, 11) is 1.93. The van der Waals surface area contributed by atoms with Gasteiger partial charge in [0.05, 0.1) is 0 Å². The summed E-state index contributed by atoms with van der Waals surface area (Å²) in [6, 6.07) is -1.02. The number of amides is 2. The lowest BCUT2D eigenvalue weighted by Crippen LogP contribution is -2.53. The molecule has 0 radical (unpaired) electrons. The fraction of sp³-hybridized carbons (Fsp3) is 0.833. The summed E-state index contributed by atoms with van der Waals surface area (Å²) < 4.78 is 37.2. The molecule has 1 aliphatic rings. The second-order valence-electron chi connectivity index (χ2n) is 5.37. The van der Waals surface area contributed by atoms with Crippen LogP contribution >= 0.6 is 0 Å². The number of urea groups is 1. The zero-order valence-electron chi connectivity index (χ0n) is 12.0. The molecule has 1 saturated heterocycles. The summed E-state index contributed by atoms with van der Waals surface area (Å²) in [5.74, 6) is -1.48. The Morgan fingerprint density at radius 1 is 1.43 bits per heavy atom. The number of hydrogen-bond acceptors (Lipinski definition) is 3. The minimum Gasteiger partial charge on any atom is -0.480 e. The van der Waals surface area contributed by atoms with Crippen LogP contribution in [-0.4, -0.2) is 71.8 Å². The smallest absolute Gasteiger partial charge is 0.406 e. The Hall–Kier alpha value is -1.51. The minimum atomic E-state index is -4.63. The van der Waals surface area contributed by atoms with E-state index >= 15 is 0 Å². The number of piperidine rings is 1. The van der Waals surface area contributed by atoms with Crippen molar-refractivity contribution in [2.75, 3.05) is 26.7 Å². The zero-order valence-corrected chi connectivity index (χ0v) is 12.0. The normalized spacial score (nSPS) is 23.7. The van der Waals surface area contributed by atoms with Crippen molar-refractivity contribution in [2.24, 2.45) is 0 Å². The molecule has 2 amide bonds. The third kappa shape index (κ3) is 6.19. The predicted molar refractivity (Wildman–Crippen MR) is 68.9 cm³/mol. The fourth-order valence-electron chi connectivity index (χ4n) is 2.27. The van der Waals surface area contributed by atoms with Crippen LogP contribution in [-0.2, 0) is 4.79 Å². The number of aliphatic carboxylic acids is 1. The molecule has 122 valence electrons. The average Bonchev–Trinajstić information content (AvgIpc) is 2.30. The van der Waals surface area contributed by atoms with Gasteiger partial charge in [-0.25, -0.2) is 4.79 Å². The molecule has 0 aromatic heterocycles. The highest BCUT2D eigenvalue weighted by atomic mass is 19.4. The third-order valence-corrected chi connectivity index (χ3v) is 3.52. The SMILES string of the molecule is CC1CC(NC(=O)N(CC(=O)O)CC(F)(F)F)CCN1C. The first-order chi connectivity index (χ1) is 9.58. The van der Waals surface area contributed by atoms with E-state index in [2.05, 4.69) is 10.2 Å². The number of alkyl halides is 3. The number of nitrogens with one attached hydrogen (secondary N) is 1. The Labute approximate surface area is 120 Å². The number of carbonyl (C=O) groups is 2. The number of hydrogen-bond donors (Lipinski definition) is 2. The largest absolute Gasteiger partial charge is 0.480 e. The highest BCUT2D eigenvalue weighted by molar-refractivity contribution is 5.80. The average molecular weight is 311 g/mol. The lowest BCUT2D eigenvalue weighted by Gasteiger charge is -2.36. The monoisotopic (exact) mass is 311 g/mol. The molecule has 0 aromatic carbocycles. The van der Waals surface area contributed by atoms with Crippen LogP contribution < -0.4 is 5.32 Å². The number of nitrogens with zero attached hydrogens (tertiary/aromatic N) is 2. The van der Waals surface area contributed by atoms with Gasteiger partial charge in [0, 0.05) is 18.6 Å². The van der Waals surface area contributed by atoms with Crippen molar-refractivity contribution in [3.8, 4) is 0 Å². The van der Waals surface area contributed by atoms with E-state index in [0.29, 0.717) is 12.8 Å². The maximum absolute atomic E-state index is 12.4. The summed E-state index contributed by atoms with van der Waals surface area (Å²) >= 11 is 0. The molecule has 0 bridgehead atoms. The van der Waals surface area contributed by atoms with Crippen LogP contribution in [0.15, 0.2) is 0 Å². The van der Waals surface area contributed by atoms with Gasteiger partial charge >= 0.3 is 18.2 Å². The van der Waals surface area contributed by atoms with Crippen molar-refractivity contribution in [3.05, 3.63) is 0 Å². The van der Waals surface area contributed by atoms with Gasteiger partial charge < -0.3 is 20.2 Å². The van der Waals surface area contributed by atoms with Gasteiger partial charge in [-0.3, -0.25) is 4.79 Å². The van der Waals surface area contributed by atoms with E-state index in [1.807, 2.05) is 14.0 Å². The van der Waals surface area contributed by atoms with Crippen LogP contribution in [0.3, 0.4) is 0 Å². The van der Waals surface area contributed by atoms with Crippen LogP contribution in [0.2, 0.25) is 0 Å². The Morgan fingerprint density at radius 3 is 2.52 bits per heavy atom. The summed E-state index contributed by atoms with van der Waals surface area (Å²) in [6.45, 7) is 0.133. The van der Waals surface area contributed by atoms with Gasteiger partial charge in [-0.2, -0.15) is 13.2 Å². The van der Waals surface area contributed by atoms with Gasteiger partial charge in [0.2, 0.25) is 0 Å². The third-order valence-electron chi connectivity index (χ3n) is 3.52. The fourth-order valence-corrected chi connectivity index (χ4v) is 2.27. The number of likely N-dealkylation sites (tertiary alicyclic amines) is 1. The molecule has 2 N–H and O–H groups in total. The second-order valence-corrected chi connectivity index (χ2v) is 5.37. The molecule has 1 fully saturated rings. The second kappa shape index (κ2) is 6.97. The molecule has 0 spiro atoms. The number of carbonyl (C=O) groups excluding carboxylic acids is 1. The molecule has 2 unspecified atom stereocenters. The van der Waals surface area contributed by atoms with Gasteiger partial charge in [0.15, 0.2) is 0 Å². The molecular weight excluding hydrogens is 291 g/mol. The molecule has 9 heteroatoms. The quantitative estimate of drug-likeness (QED) is 0.816. The summed E-state index contributed by atoms with van der Waals surface area (Å²) in [5.41, 5.74) is 0. The number of carboxylic acids is 1. The highest BCUT2D eigenvalue weighted by Crippen LogP contribution is 2.18. The van der Waals surface area contributed by atoms with Gasteiger partial charge in [-0.15, -0.1) is 0 Å². The van der Waals surface area contributed by atoms with Crippen molar-refractivity contribution >= 4 is 12.0 Å². The number of carboxylic acid groups (broad SMARTS) is 1. The van der Waals surface area contributed by atoms with Crippen LogP contribution in [0.1, 0.15) is 19.8 Å². The predicted octanol–water partition coefficient (Wildman–Crippen LogP) is 1.13. The van der Waals surface area contributed by atoms with Gasteiger partial charge in [0.25, 0.3) is 0 Å². The van der Waals surface area contributed by atoms with Crippen molar-refractivity contribution in [2.45, 2.75) is 38.0 Å². The van der Waals surface area contributed by atoms with Crippen molar-refractivity contribution in [1.29, 1.82) is 0 Å². The number of halogens is 3. The maximum Gasteiger partial charge on any atom is 0.406 e. The minimum absolute atomic E-state index is 0.208. The Balaban J connectivity index is 2.61. The molecule has 1 rings (SSSR count). The topological polar surface area (TPSA) is 72.9 Å². The molecule has 1 heterocycles. The Bertz CT molecular complexity index is 390. The summed E-state index contributed by atoms with van der Waals surface area (Å²) in [4.78, 5) is 24.8. The van der Waals surface area contributed by atoms with Gasteiger partial charge in [0.1, 0.15) is 13.1 Å². The molecule has 0 aromatic rings. The highest BCUT2D eigenvalue weighted by Gasteiger charge is 2.35. The van der Waals surface area contributed by atoms with Crippen LogP contribution in [0.5, 0.6) is 0 Å². The summed E-state index contributed by atoms with van der Waals surface area (Å²) in [5, 5.41) is 11.1. The molecule has 1 aliphatic heterocycles. The van der Waals surface area contributed by atoms with E-state index in [1.165, 1.54) is 0 Å². The molecule has 0 saturated carbocycles. The van der Waals surface area contributed by atoms with E-state index in [9.17, 15) is 22.8 Å². The van der Waals surface area contributed by atoms with E-state index in [0.717, 1.165) is 6.54 Å². The maximum atomic E-state index is 12.4. The van der Waals surface area contributed by atoms with Crippen LogP contribution in [0.4, 0.5) is 18.0 Å². The standard InChI is InChI=1S/C12H20F3N3O3/c1-8-5-9(3-4-17(8)2)16-11(21)18(6-10(19)20)7-12(13,14)15/h8-9H,3-7H2,1-2H3,(H,16,21)(H,19,20). The Kier molecular flexibility index (Phi) is 5.82. The molecule has 6 nitrogen and oxygen atoms in total.